The molecule has 3 unspecified atom stereocenters. The van der Waals surface area contributed by atoms with E-state index >= 15 is 0 Å². The van der Waals surface area contributed by atoms with Gasteiger partial charge in [-0.05, 0) is 32.2 Å². The Balaban J connectivity index is 2.02. The van der Waals surface area contributed by atoms with Crippen molar-refractivity contribution in [1.29, 1.82) is 0 Å². The molecular formula is C14H24N2O3. The van der Waals surface area contributed by atoms with E-state index in [2.05, 4.69) is 10.6 Å². The van der Waals surface area contributed by atoms with Crippen LogP contribution in [-0.2, 0) is 9.59 Å². The number of carbonyl (C=O) groups is 2. The summed E-state index contributed by atoms with van der Waals surface area (Å²) in [5, 5.41) is 15.5. The molecule has 1 saturated carbocycles. The van der Waals surface area contributed by atoms with Gasteiger partial charge in [-0.3, -0.25) is 9.59 Å². The summed E-state index contributed by atoms with van der Waals surface area (Å²) < 4.78 is 0. The van der Waals surface area contributed by atoms with Gasteiger partial charge in [0.05, 0.1) is 11.3 Å². The topological polar surface area (TPSA) is 78.4 Å². The zero-order valence-corrected chi connectivity index (χ0v) is 11.6. The molecule has 0 aromatic heterocycles. The van der Waals surface area contributed by atoms with Crippen LogP contribution >= 0.6 is 0 Å². The summed E-state index contributed by atoms with van der Waals surface area (Å²) in [4.78, 5) is 23.7. The smallest absolute Gasteiger partial charge is 0.308 e. The van der Waals surface area contributed by atoms with E-state index in [1.807, 2.05) is 6.92 Å². The van der Waals surface area contributed by atoms with E-state index < -0.39 is 11.9 Å². The van der Waals surface area contributed by atoms with Crippen molar-refractivity contribution in [3.05, 3.63) is 0 Å². The zero-order chi connectivity index (χ0) is 13.9. The highest BCUT2D eigenvalue weighted by atomic mass is 16.4. The summed E-state index contributed by atoms with van der Waals surface area (Å²) in [6.45, 7) is 3.61. The van der Waals surface area contributed by atoms with Gasteiger partial charge in [-0.25, -0.2) is 0 Å². The van der Waals surface area contributed by atoms with E-state index in [9.17, 15) is 14.7 Å². The molecule has 5 nitrogen and oxygen atoms in total. The number of nitrogens with one attached hydrogen (secondary N) is 2. The lowest BCUT2D eigenvalue weighted by molar-refractivity contribution is -0.144. The number of hydrogen-bond acceptors (Lipinski definition) is 3. The molecule has 0 bridgehead atoms. The van der Waals surface area contributed by atoms with Crippen molar-refractivity contribution >= 4 is 11.9 Å². The summed E-state index contributed by atoms with van der Waals surface area (Å²) in [7, 11) is 0. The molecule has 2 fully saturated rings. The standard InChI is InChI=1S/C14H24N2O3/c1-2-14(7-8-15-9-14)13(19)16-11-6-4-3-5-10(11)12(17)18/h10-11,15H,2-9H2,1H3,(H,16,19)(H,17,18). The molecule has 1 heterocycles. The summed E-state index contributed by atoms with van der Waals surface area (Å²) in [5.74, 6) is -1.15. The lowest BCUT2D eigenvalue weighted by Crippen LogP contribution is -2.51. The predicted molar refractivity (Wildman–Crippen MR) is 71.7 cm³/mol. The van der Waals surface area contributed by atoms with Gasteiger partial charge in [0.1, 0.15) is 0 Å². The summed E-state index contributed by atoms with van der Waals surface area (Å²) in [5.41, 5.74) is -0.333. The Bertz CT molecular complexity index is 351. The molecular weight excluding hydrogens is 244 g/mol. The van der Waals surface area contributed by atoms with E-state index in [0.717, 1.165) is 38.6 Å². The first-order chi connectivity index (χ1) is 9.09. The second-order valence-corrected chi connectivity index (χ2v) is 5.87. The second-order valence-electron chi connectivity index (χ2n) is 5.87. The summed E-state index contributed by atoms with van der Waals surface area (Å²) in [6.07, 6.45) is 5.07. The molecule has 1 saturated heterocycles. The van der Waals surface area contributed by atoms with Gasteiger partial charge in [0.2, 0.25) is 5.91 Å². The van der Waals surface area contributed by atoms with E-state index in [0.29, 0.717) is 13.0 Å². The van der Waals surface area contributed by atoms with Gasteiger partial charge in [0, 0.05) is 12.6 Å². The third kappa shape index (κ3) is 2.91. The number of amides is 1. The molecule has 0 aromatic carbocycles. The number of carboxylic acids is 1. The minimum absolute atomic E-state index is 0.0400. The lowest BCUT2D eigenvalue weighted by atomic mass is 9.80. The Labute approximate surface area is 114 Å². The van der Waals surface area contributed by atoms with Crippen LogP contribution in [0.15, 0.2) is 0 Å². The van der Waals surface area contributed by atoms with Gasteiger partial charge in [0.25, 0.3) is 0 Å². The maximum absolute atomic E-state index is 12.5. The van der Waals surface area contributed by atoms with Crippen LogP contribution in [0.1, 0.15) is 45.4 Å². The van der Waals surface area contributed by atoms with Gasteiger partial charge >= 0.3 is 5.97 Å². The van der Waals surface area contributed by atoms with Gasteiger partial charge in [0.15, 0.2) is 0 Å². The molecule has 1 aliphatic heterocycles. The SMILES string of the molecule is CCC1(C(=O)NC2CCCCC2C(=O)O)CCNC1. The van der Waals surface area contributed by atoms with Crippen LogP contribution in [0.3, 0.4) is 0 Å². The Morgan fingerprint density at radius 3 is 2.68 bits per heavy atom. The first-order valence-corrected chi connectivity index (χ1v) is 7.33. The fourth-order valence-electron chi connectivity index (χ4n) is 3.32. The number of rotatable bonds is 4. The first-order valence-electron chi connectivity index (χ1n) is 7.33. The van der Waals surface area contributed by atoms with Crippen molar-refractivity contribution in [3.8, 4) is 0 Å². The van der Waals surface area contributed by atoms with Crippen molar-refractivity contribution in [2.45, 2.75) is 51.5 Å². The van der Waals surface area contributed by atoms with Crippen LogP contribution in [0.5, 0.6) is 0 Å². The molecule has 1 aliphatic carbocycles. The highest BCUT2D eigenvalue weighted by Crippen LogP contribution is 2.31. The summed E-state index contributed by atoms with van der Waals surface area (Å²) >= 11 is 0. The van der Waals surface area contributed by atoms with Crippen LogP contribution in [0.4, 0.5) is 0 Å². The van der Waals surface area contributed by atoms with Crippen molar-refractivity contribution < 1.29 is 14.7 Å². The van der Waals surface area contributed by atoms with E-state index in [1.165, 1.54) is 0 Å². The maximum Gasteiger partial charge on any atom is 0.308 e. The monoisotopic (exact) mass is 268 g/mol. The molecule has 2 aliphatic rings. The van der Waals surface area contributed by atoms with Crippen LogP contribution in [0.25, 0.3) is 0 Å². The molecule has 5 heteroatoms. The number of carboxylic acid groups (broad SMARTS) is 1. The fourth-order valence-corrected chi connectivity index (χ4v) is 3.32. The van der Waals surface area contributed by atoms with Gasteiger partial charge in [-0.15, -0.1) is 0 Å². The Kier molecular flexibility index (Phi) is 4.45. The number of carbonyl (C=O) groups excluding carboxylic acids is 1. The third-order valence-electron chi connectivity index (χ3n) is 4.80. The van der Waals surface area contributed by atoms with Gasteiger partial charge < -0.3 is 15.7 Å². The molecule has 19 heavy (non-hydrogen) atoms. The normalized spacial score (nSPS) is 35.0. The average Bonchev–Trinajstić information content (AvgIpc) is 2.89. The second kappa shape index (κ2) is 5.90. The summed E-state index contributed by atoms with van der Waals surface area (Å²) in [6, 6.07) is -0.192. The predicted octanol–water partition coefficient (Wildman–Crippen LogP) is 1.14. The fraction of sp³-hybridized carbons (Fsp3) is 0.857. The first kappa shape index (κ1) is 14.3. The highest BCUT2D eigenvalue weighted by molar-refractivity contribution is 5.84. The van der Waals surface area contributed by atoms with Gasteiger partial charge in [-0.2, -0.15) is 0 Å². The minimum Gasteiger partial charge on any atom is -0.481 e. The van der Waals surface area contributed by atoms with Crippen molar-refractivity contribution in [2.24, 2.45) is 11.3 Å². The molecule has 108 valence electrons. The van der Waals surface area contributed by atoms with Crippen LogP contribution in [-0.4, -0.2) is 36.1 Å². The molecule has 3 atom stereocenters. The van der Waals surface area contributed by atoms with Crippen LogP contribution in [0.2, 0.25) is 0 Å². The van der Waals surface area contributed by atoms with E-state index in [4.69, 9.17) is 0 Å². The van der Waals surface area contributed by atoms with Crippen molar-refractivity contribution in [2.75, 3.05) is 13.1 Å². The highest BCUT2D eigenvalue weighted by Gasteiger charge is 2.42. The molecule has 1 amide bonds. The van der Waals surface area contributed by atoms with E-state index in [-0.39, 0.29) is 17.4 Å². The lowest BCUT2D eigenvalue weighted by Gasteiger charge is -2.33. The molecule has 3 N–H and O–H groups in total. The molecule has 0 spiro atoms. The number of hydrogen-bond donors (Lipinski definition) is 3. The van der Waals surface area contributed by atoms with Crippen molar-refractivity contribution in [3.63, 3.8) is 0 Å². The van der Waals surface area contributed by atoms with E-state index in [1.54, 1.807) is 0 Å². The average molecular weight is 268 g/mol. The molecule has 2 rings (SSSR count). The van der Waals surface area contributed by atoms with Crippen LogP contribution < -0.4 is 10.6 Å². The minimum atomic E-state index is -0.778. The Hall–Kier alpha value is -1.10. The zero-order valence-electron chi connectivity index (χ0n) is 11.6. The number of aliphatic carboxylic acids is 1. The quantitative estimate of drug-likeness (QED) is 0.714. The van der Waals surface area contributed by atoms with Gasteiger partial charge in [-0.1, -0.05) is 19.8 Å². The molecule has 0 radical (unpaired) electrons. The maximum atomic E-state index is 12.5. The van der Waals surface area contributed by atoms with Crippen LogP contribution in [0, 0.1) is 11.3 Å². The molecule has 0 aromatic rings. The Morgan fingerprint density at radius 1 is 1.37 bits per heavy atom. The largest absolute Gasteiger partial charge is 0.481 e. The third-order valence-corrected chi connectivity index (χ3v) is 4.80. The Morgan fingerprint density at radius 2 is 2.11 bits per heavy atom. The van der Waals surface area contributed by atoms with Crippen molar-refractivity contribution in [1.82, 2.24) is 10.6 Å².